The minimum Gasteiger partial charge on any atom is -0.267 e. The molecule has 2 nitrogen and oxygen atoms in total. The molecule has 0 saturated heterocycles. The highest BCUT2D eigenvalue weighted by molar-refractivity contribution is 5.84. The van der Waals surface area contributed by atoms with E-state index in [2.05, 4.69) is 30.2 Å². The van der Waals surface area contributed by atoms with E-state index in [0.29, 0.717) is 0 Å². The zero-order chi connectivity index (χ0) is 12.7. The van der Waals surface area contributed by atoms with Crippen LogP contribution in [-0.2, 0) is 7.05 Å². The minimum atomic E-state index is 1.11. The number of benzene rings is 1. The number of aryl methyl sites for hydroxylation is 3. The van der Waals surface area contributed by atoms with Gasteiger partial charge in [-0.15, -0.1) is 0 Å². The van der Waals surface area contributed by atoms with Gasteiger partial charge in [0.15, 0.2) is 0 Å². The van der Waals surface area contributed by atoms with Gasteiger partial charge in [-0.3, -0.25) is 4.68 Å². The molecule has 2 rings (SSSR count). The zero-order valence-electron chi connectivity index (χ0n) is 11.6. The fourth-order valence-corrected chi connectivity index (χ4v) is 1.71. The lowest BCUT2D eigenvalue weighted by molar-refractivity contribution is 0.781. The Kier molecular flexibility index (Phi) is 6.47. The number of fused-ring (bicyclic) bond motifs is 1. The van der Waals surface area contributed by atoms with Crippen LogP contribution in [0.2, 0.25) is 0 Å². The highest BCUT2D eigenvalue weighted by Gasteiger charge is 2.04. The first-order valence-corrected chi connectivity index (χ1v) is 6.09. The van der Waals surface area contributed by atoms with E-state index in [1.165, 1.54) is 16.5 Å². The maximum Gasteiger partial charge on any atom is 0.0711 e. The van der Waals surface area contributed by atoms with Gasteiger partial charge in [0.25, 0.3) is 0 Å². The normalized spacial score (nSPS) is 8.94. The van der Waals surface area contributed by atoms with Crippen molar-refractivity contribution < 1.29 is 0 Å². The van der Waals surface area contributed by atoms with Gasteiger partial charge in [0.1, 0.15) is 0 Å². The molecule has 90 valence electrons. The van der Waals surface area contributed by atoms with Crippen molar-refractivity contribution in [3.05, 3.63) is 29.5 Å². The average Bonchev–Trinajstić information content (AvgIpc) is 2.61. The van der Waals surface area contributed by atoms with Crippen molar-refractivity contribution in [1.82, 2.24) is 9.78 Å². The maximum absolute atomic E-state index is 4.37. The Morgan fingerprint density at radius 2 is 1.56 bits per heavy atom. The SMILES string of the molecule is CC.CC.Cc1nn(C)c2c(C)cccc12. The first-order chi connectivity index (χ1) is 7.70. The van der Waals surface area contributed by atoms with Crippen LogP contribution in [0, 0.1) is 13.8 Å². The van der Waals surface area contributed by atoms with Gasteiger partial charge < -0.3 is 0 Å². The summed E-state index contributed by atoms with van der Waals surface area (Å²) in [5.41, 5.74) is 3.64. The van der Waals surface area contributed by atoms with Crippen LogP contribution in [0.1, 0.15) is 39.0 Å². The Morgan fingerprint density at radius 1 is 1.00 bits per heavy atom. The molecule has 0 aliphatic rings. The lowest BCUT2D eigenvalue weighted by atomic mass is 10.1. The highest BCUT2D eigenvalue weighted by Crippen LogP contribution is 2.19. The van der Waals surface area contributed by atoms with Crippen molar-refractivity contribution in [2.45, 2.75) is 41.5 Å². The number of rotatable bonds is 0. The topological polar surface area (TPSA) is 17.8 Å². The Bertz CT molecular complexity index is 427. The predicted molar refractivity (Wildman–Crippen MR) is 72.9 cm³/mol. The maximum atomic E-state index is 4.37. The molecule has 16 heavy (non-hydrogen) atoms. The molecule has 0 amide bonds. The molecule has 1 aromatic carbocycles. The molecule has 0 spiro atoms. The van der Waals surface area contributed by atoms with E-state index in [1.54, 1.807) is 0 Å². The minimum absolute atomic E-state index is 1.11. The number of para-hydroxylation sites is 1. The molecule has 0 N–H and O–H groups in total. The van der Waals surface area contributed by atoms with Crippen LogP contribution >= 0.6 is 0 Å². The molecule has 0 atom stereocenters. The third kappa shape index (κ3) is 2.84. The monoisotopic (exact) mass is 220 g/mol. The van der Waals surface area contributed by atoms with E-state index in [0.717, 1.165) is 5.69 Å². The van der Waals surface area contributed by atoms with Gasteiger partial charge >= 0.3 is 0 Å². The fraction of sp³-hybridized carbons (Fsp3) is 0.500. The number of hydrogen-bond donors (Lipinski definition) is 0. The van der Waals surface area contributed by atoms with E-state index < -0.39 is 0 Å². The van der Waals surface area contributed by atoms with Crippen LogP contribution in [0.4, 0.5) is 0 Å². The third-order valence-corrected chi connectivity index (χ3v) is 2.25. The molecule has 2 aromatic rings. The van der Waals surface area contributed by atoms with Crippen molar-refractivity contribution in [2.75, 3.05) is 0 Å². The Morgan fingerprint density at radius 3 is 2.06 bits per heavy atom. The first kappa shape index (κ1) is 14.7. The standard InChI is InChI=1S/C10H12N2.2C2H6/c1-7-5-4-6-9-8(2)11-12(3)10(7)9;2*1-2/h4-6H,1-3H3;2*1-2H3. The van der Waals surface area contributed by atoms with Crippen LogP contribution in [0.25, 0.3) is 10.9 Å². The first-order valence-electron chi connectivity index (χ1n) is 6.09. The van der Waals surface area contributed by atoms with Crippen molar-refractivity contribution in [3.8, 4) is 0 Å². The predicted octanol–water partition coefficient (Wildman–Crippen LogP) is 4.24. The van der Waals surface area contributed by atoms with E-state index in [9.17, 15) is 0 Å². The lowest BCUT2D eigenvalue weighted by Crippen LogP contribution is -1.91. The molecule has 0 bridgehead atoms. The summed E-state index contributed by atoms with van der Waals surface area (Å²) < 4.78 is 1.94. The molecular formula is C14H24N2. The summed E-state index contributed by atoms with van der Waals surface area (Å²) in [5, 5.41) is 5.63. The molecule has 1 aromatic heterocycles. The van der Waals surface area contributed by atoms with Gasteiger partial charge in [-0.05, 0) is 19.4 Å². The number of hydrogen-bond acceptors (Lipinski definition) is 1. The van der Waals surface area contributed by atoms with Gasteiger partial charge in [0.05, 0.1) is 11.2 Å². The van der Waals surface area contributed by atoms with E-state index in [1.807, 2.05) is 46.3 Å². The van der Waals surface area contributed by atoms with Crippen molar-refractivity contribution >= 4 is 10.9 Å². The van der Waals surface area contributed by atoms with Crippen LogP contribution < -0.4 is 0 Å². The summed E-state index contributed by atoms with van der Waals surface area (Å²) in [6.45, 7) is 12.2. The van der Waals surface area contributed by atoms with Gasteiger partial charge in [-0.25, -0.2) is 0 Å². The summed E-state index contributed by atoms with van der Waals surface area (Å²) in [6, 6.07) is 6.31. The Hall–Kier alpha value is -1.31. The van der Waals surface area contributed by atoms with Crippen LogP contribution in [-0.4, -0.2) is 9.78 Å². The van der Waals surface area contributed by atoms with Gasteiger partial charge in [-0.1, -0.05) is 45.9 Å². The third-order valence-electron chi connectivity index (χ3n) is 2.25. The van der Waals surface area contributed by atoms with Crippen LogP contribution in [0.5, 0.6) is 0 Å². The second kappa shape index (κ2) is 7.04. The highest BCUT2D eigenvalue weighted by atomic mass is 15.3. The average molecular weight is 220 g/mol. The van der Waals surface area contributed by atoms with Crippen LogP contribution in [0.15, 0.2) is 18.2 Å². The van der Waals surface area contributed by atoms with Crippen molar-refractivity contribution in [2.24, 2.45) is 7.05 Å². The number of nitrogens with zero attached hydrogens (tertiary/aromatic N) is 2. The Labute approximate surface area is 99.3 Å². The van der Waals surface area contributed by atoms with Gasteiger partial charge in [-0.2, -0.15) is 5.10 Å². The molecular weight excluding hydrogens is 196 g/mol. The molecule has 0 saturated carbocycles. The van der Waals surface area contributed by atoms with Crippen molar-refractivity contribution in [3.63, 3.8) is 0 Å². The molecule has 0 aliphatic heterocycles. The second-order valence-corrected chi connectivity index (χ2v) is 3.18. The second-order valence-electron chi connectivity index (χ2n) is 3.18. The molecule has 2 heteroatoms. The molecule has 1 heterocycles. The summed E-state index contributed by atoms with van der Waals surface area (Å²) in [4.78, 5) is 0. The summed E-state index contributed by atoms with van der Waals surface area (Å²) >= 11 is 0. The Balaban J connectivity index is 0.000000509. The molecule has 0 radical (unpaired) electrons. The quantitative estimate of drug-likeness (QED) is 0.649. The molecule has 0 fully saturated rings. The molecule has 0 unspecified atom stereocenters. The van der Waals surface area contributed by atoms with E-state index in [4.69, 9.17) is 0 Å². The largest absolute Gasteiger partial charge is 0.267 e. The van der Waals surface area contributed by atoms with Gasteiger partial charge in [0, 0.05) is 12.4 Å². The van der Waals surface area contributed by atoms with Gasteiger partial charge in [0.2, 0.25) is 0 Å². The summed E-state index contributed by atoms with van der Waals surface area (Å²) in [5.74, 6) is 0. The van der Waals surface area contributed by atoms with E-state index in [-0.39, 0.29) is 0 Å². The number of aromatic nitrogens is 2. The zero-order valence-corrected chi connectivity index (χ0v) is 11.6. The molecule has 0 aliphatic carbocycles. The van der Waals surface area contributed by atoms with Crippen LogP contribution in [0.3, 0.4) is 0 Å². The lowest BCUT2D eigenvalue weighted by Gasteiger charge is -1.97. The van der Waals surface area contributed by atoms with E-state index >= 15 is 0 Å². The smallest absolute Gasteiger partial charge is 0.0711 e. The summed E-state index contributed by atoms with van der Waals surface area (Å²) in [6.07, 6.45) is 0. The fourth-order valence-electron chi connectivity index (χ4n) is 1.71. The summed E-state index contributed by atoms with van der Waals surface area (Å²) in [7, 11) is 1.99. The van der Waals surface area contributed by atoms with Crippen molar-refractivity contribution in [1.29, 1.82) is 0 Å².